The number of carboxylic acid groups (broad SMARTS) is 1. The van der Waals surface area contributed by atoms with Crippen LogP contribution in [0.1, 0.15) is 12.8 Å². The SMILES string of the molecule is O=C(NCCC(F)(F)F)N[C@@H](CCO)C(=O)O. The lowest BCUT2D eigenvalue weighted by molar-refractivity contribution is -0.139. The van der Waals surface area contributed by atoms with E-state index >= 15 is 0 Å². The van der Waals surface area contributed by atoms with Crippen molar-refractivity contribution in [3.8, 4) is 0 Å². The van der Waals surface area contributed by atoms with Gasteiger partial charge >= 0.3 is 18.2 Å². The van der Waals surface area contributed by atoms with Gasteiger partial charge in [-0.2, -0.15) is 13.2 Å². The van der Waals surface area contributed by atoms with Crippen molar-refractivity contribution in [2.75, 3.05) is 13.2 Å². The molecule has 0 unspecified atom stereocenters. The van der Waals surface area contributed by atoms with Crippen LogP contribution in [-0.4, -0.2) is 47.6 Å². The fourth-order valence-corrected chi connectivity index (χ4v) is 0.914. The number of amides is 2. The van der Waals surface area contributed by atoms with Crippen molar-refractivity contribution in [1.82, 2.24) is 10.6 Å². The molecular weight excluding hydrogens is 245 g/mol. The average molecular weight is 258 g/mol. The normalized spacial score (nSPS) is 12.9. The molecule has 0 rings (SSSR count). The Kier molecular flexibility index (Phi) is 6.33. The standard InChI is InChI=1S/C8H13F3N2O4/c9-8(10,11)2-3-12-7(17)13-5(1-4-14)6(15)16/h5,14H,1-4H2,(H,15,16)(H2,12,13,17)/t5-/m0/s1. The van der Waals surface area contributed by atoms with Gasteiger partial charge in [0.2, 0.25) is 0 Å². The molecule has 0 aliphatic carbocycles. The number of urea groups is 1. The molecule has 0 saturated carbocycles. The van der Waals surface area contributed by atoms with Gasteiger partial charge < -0.3 is 20.8 Å². The fourth-order valence-electron chi connectivity index (χ4n) is 0.914. The van der Waals surface area contributed by atoms with E-state index in [4.69, 9.17) is 10.2 Å². The lowest BCUT2D eigenvalue weighted by Crippen LogP contribution is -2.47. The van der Waals surface area contributed by atoms with Gasteiger partial charge in [-0.1, -0.05) is 0 Å². The van der Waals surface area contributed by atoms with E-state index in [9.17, 15) is 22.8 Å². The molecule has 0 aromatic carbocycles. The van der Waals surface area contributed by atoms with Crippen molar-refractivity contribution in [2.45, 2.75) is 25.1 Å². The van der Waals surface area contributed by atoms with E-state index in [2.05, 4.69) is 0 Å². The molecule has 0 fully saturated rings. The summed E-state index contributed by atoms with van der Waals surface area (Å²) in [7, 11) is 0. The second-order valence-corrected chi connectivity index (χ2v) is 3.17. The highest BCUT2D eigenvalue weighted by Crippen LogP contribution is 2.17. The van der Waals surface area contributed by atoms with E-state index in [0.717, 1.165) is 0 Å². The zero-order chi connectivity index (χ0) is 13.5. The van der Waals surface area contributed by atoms with Crippen LogP contribution in [0.4, 0.5) is 18.0 Å². The first-order valence-electron chi connectivity index (χ1n) is 4.71. The summed E-state index contributed by atoms with van der Waals surface area (Å²) in [5, 5.41) is 20.9. The maximum atomic E-state index is 11.7. The number of hydrogen-bond donors (Lipinski definition) is 4. The van der Waals surface area contributed by atoms with Crippen molar-refractivity contribution < 1.29 is 33.0 Å². The van der Waals surface area contributed by atoms with Crippen LogP contribution in [0.5, 0.6) is 0 Å². The number of alkyl halides is 3. The predicted molar refractivity (Wildman–Crippen MR) is 50.3 cm³/mol. The minimum atomic E-state index is -4.38. The minimum absolute atomic E-state index is 0.220. The number of rotatable bonds is 6. The quantitative estimate of drug-likeness (QED) is 0.542. The van der Waals surface area contributed by atoms with Crippen LogP contribution in [0.2, 0.25) is 0 Å². The summed E-state index contributed by atoms with van der Waals surface area (Å²) in [5.41, 5.74) is 0. The lowest BCUT2D eigenvalue weighted by atomic mass is 10.2. The molecule has 0 saturated heterocycles. The highest BCUT2D eigenvalue weighted by Gasteiger charge is 2.27. The van der Waals surface area contributed by atoms with Gasteiger partial charge in [0.1, 0.15) is 6.04 Å². The van der Waals surface area contributed by atoms with Crippen molar-refractivity contribution in [3.63, 3.8) is 0 Å². The van der Waals surface area contributed by atoms with Crippen LogP contribution >= 0.6 is 0 Å². The highest BCUT2D eigenvalue weighted by atomic mass is 19.4. The molecule has 0 aromatic heterocycles. The Morgan fingerprint density at radius 1 is 1.29 bits per heavy atom. The first-order chi connectivity index (χ1) is 7.76. The van der Waals surface area contributed by atoms with Crippen LogP contribution in [0.25, 0.3) is 0 Å². The third-order valence-electron chi connectivity index (χ3n) is 1.72. The summed E-state index contributed by atoms with van der Waals surface area (Å²) in [6, 6.07) is -2.35. The number of aliphatic hydroxyl groups excluding tert-OH is 1. The van der Waals surface area contributed by atoms with Gasteiger partial charge in [0.25, 0.3) is 0 Å². The topological polar surface area (TPSA) is 98.7 Å². The Hall–Kier alpha value is -1.51. The third-order valence-corrected chi connectivity index (χ3v) is 1.72. The number of carboxylic acids is 1. The third kappa shape index (κ3) is 8.31. The summed E-state index contributed by atoms with van der Waals surface area (Å²) < 4.78 is 35.2. The molecule has 4 N–H and O–H groups in total. The first kappa shape index (κ1) is 15.5. The Labute approximate surface area is 94.8 Å². The number of hydrogen-bond acceptors (Lipinski definition) is 3. The van der Waals surface area contributed by atoms with E-state index in [-0.39, 0.29) is 6.42 Å². The molecule has 1 atom stereocenters. The lowest BCUT2D eigenvalue weighted by Gasteiger charge is -2.14. The first-order valence-corrected chi connectivity index (χ1v) is 4.71. The summed E-state index contributed by atoms with van der Waals surface area (Å²) in [6.07, 6.45) is -5.80. The van der Waals surface area contributed by atoms with Gasteiger partial charge in [-0.3, -0.25) is 0 Å². The highest BCUT2D eigenvalue weighted by molar-refractivity contribution is 5.82. The van der Waals surface area contributed by atoms with Crippen molar-refractivity contribution in [3.05, 3.63) is 0 Å². The van der Waals surface area contributed by atoms with Gasteiger partial charge in [0.15, 0.2) is 0 Å². The van der Waals surface area contributed by atoms with Crippen molar-refractivity contribution >= 4 is 12.0 Å². The van der Waals surface area contributed by atoms with Gasteiger partial charge in [-0.25, -0.2) is 9.59 Å². The second-order valence-electron chi connectivity index (χ2n) is 3.17. The molecule has 0 aromatic rings. The minimum Gasteiger partial charge on any atom is -0.480 e. The molecule has 17 heavy (non-hydrogen) atoms. The Morgan fingerprint density at radius 2 is 1.88 bits per heavy atom. The maximum absolute atomic E-state index is 11.7. The Morgan fingerprint density at radius 3 is 2.29 bits per heavy atom. The summed E-state index contributed by atoms with van der Waals surface area (Å²) in [5.74, 6) is -1.37. The van der Waals surface area contributed by atoms with Gasteiger partial charge in [0, 0.05) is 19.6 Å². The van der Waals surface area contributed by atoms with E-state index in [0.29, 0.717) is 0 Å². The molecule has 2 amide bonds. The van der Waals surface area contributed by atoms with Crippen molar-refractivity contribution in [2.24, 2.45) is 0 Å². The van der Waals surface area contributed by atoms with Crippen LogP contribution in [0.3, 0.4) is 0 Å². The van der Waals surface area contributed by atoms with E-state index in [1.165, 1.54) is 0 Å². The summed E-state index contributed by atoms with van der Waals surface area (Å²) >= 11 is 0. The van der Waals surface area contributed by atoms with Crippen LogP contribution < -0.4 is 10.6 Å². The summed E-state index contributed by atoms with van der Waals surface area (Å²) in [4.78, 5) is 21.5. The number of carbonyl (C=O) groups is 2. The molecule has 0 bridgehead atoms. The molecule has 0 radical (unpaired) electrons. The number of nitrogens with one attached hydrogen (secondary N) is 2. The second kappa shape index (κ2) is 6.94. The largest absolute Gasteiger partial charge is 0.480 e. The molecule has 0 aliphatic heterocycles. The van der Waals surface area contributed by atoms with Crippen LogP contribution in [0.15, 0.2) is 0 Å². The van der Waals surface area contributed by atoms with E-state index in [1.54, 1.807) is 0 Å². The summed E-state index contributed by atoms with van der Waals surface area (Å²) in [6.45, 7) is -1.10. The van der Waals surface area contributed by atoms with Crippen LogP contribution in [-0.2, 0) is 4.79 Å². The molecule has 0 heterocycles. The van der Waals surface area contributed by atoms with Gasteiger partial charge in [-0.15, -0.1) is 0 Å². The number of carbonyl (C=O) groups excluding carboxylic acids is 1. The smallest absolute Gasteiger partial charge is 0.390 e. The number of aliphatic carboxylic acids is 1. The van der Waals surface area contributed by atoms with Crippen LogP contribution in [0, 0.1) is 0 Å². The Balaban J connectivity index is 3.95. The zero-order valence-corrected chi connectivity index (χ0v) is 8.75. The maximum Gasteiger partial charge on any atom is 0.390 e. The fraction of sp³-hybridized carbons (Fsp3) is 0.750. The predicted octanol–water partition coefficient (Wildman–Crippen LogP) is 0.0736. The molecule has 6 nitrogen and oxygen atoms in total. The molecule has 0 spiro atoms. The number of aliphatic hydroxyl groups is 1. The molecule has 100 valence electrons. The molecule has 9 heteroatoms. The van der Waals surface area contributed by atoms with E-state index in [1.807, 2.05) is 10.6 Å². The zero-order valence-electron chi connectivity index (χ0n) is 8.75. The van der Waals surface area contributed by atoms with Crippen molar-refractivity contribution in [1.29, 1.82) is 0 Å². The molecular formula is C8H13F3N2O4. The number of halogens is 3. The van der Waals surface area contributed by atoms with Gasteiger partial charge in [-0.05, 0) is 0 Å². The Bertz CT molecular complexity index is 270. The monoisotopic (exact) mass is 258 g/mol. The van der Waals surface area contributed by atoms with Gasteiger partial charge in [0.05, 0.1) is 6.42 Å². The van der Waals surface area contributed by atoms with E-state index < -0.39 is 43.8 Å². The average Bonchev–Trinajstić information content (AvgIpc) is 2.14. The molecule has 0 aliphatic rings.